The SMILES string of the molecule is CC(C)=CCn1c(O[C@H]2CCNC2)nc2c1c(=O)n(CC(=O)c1ccccc1)c(=O)n2C. The zero-order valence-corrected chi connectivity index (χ0v) is 18.5. The van der Waals surface area contributed by atoms with Gasteiger partial charge in [0.25, 0.3) is 11.6 Å². The predicted octanol–water partition coefficient (Wildman–Crippen LogP) is 1.49. The summed E-state index contributed by atoms with van der Waals surface area (Å²) in [5.74, 6) is -0.312. The first kappa shape index (κ1) is 21.8. The number of hydrogen-bond donors (Lipinski definition) is 1. The maximum atomic E-state index is 13.4. The summed E-state index contributed by atoms with van der Waals surface area (Å²) in [5, 5.41) is 3.24. The van der Waals surface area contributed by atoms with E-state index in [1.54, 1.807) is 41.9 Å². The van der Waals surface area contributed by atoms with E-state index in [2.05, 4.69) is 10.3 Å². The molecule has 3 aromatic rings. The molecule has 3 heterocycles. The van der Waals surface area contributed by atoms with E-state index in [1.807, 2.05) is 19.9 Å². The van der Waals surface area contributed by atoms with E-state index < -0.39 is 11.2 Å². The molecule has 0 unspecified atom stereocenters. The van der Waals surface area contributed by atoms with Gasteiger partial charge < -0.3 is 10.1 Å². The topological polar surface area (TPSA) is 100 Å². The van der Waals surface area contributed by atoms with Gasteiger partial charge in [-0.05, 0) is 26.8 Å². The molecule has 1 aliphatic rings. The third kappa shape index (κ3) is 4.16. The predicted molar refractivity (Wildman–Crippen MR) is 121 cm³/mol. The first-order valence-electron chi connectivity index (χ1n) is 10.7. The molecule has 168 valence electrons. The summed E-state index contributed by atoms with van der Waals surface area (Å²) in [6.45, 7) is 5.50. The molecule has 0 bridgehead atoms. The van der Waals surface area contributed by atoms with E-state index in [0.717, 1.165) is 23.1 Å². The van der Waals surface area contributed by atoms with Crippen LogP contribution in [0, 0.1) is 0 Å². The lowest BCUT2D eigenvalue weighted by Crippen LogP contribution is -2.41. The number of nitrogens with zero attached hydrogens (tertiary/aromatic N) is 4. The third-order valence-electron chi connectivity index (χ3n) is 5.56. The lowest BCUT2D eigenvalue weighted by atomic mass is 10.1. The van der Waals surface area contributed by atoms with Gasteiger partial charge in [0, 0.05) is 25.7 Å². The number of ether oxygens (including phenoxy) is 1. The Morgan fingerprint density at radius 2 is 1.97 bits per heavy atom. The van der Waals surface area contributed by atoms with Crippen LogP contribution in [0.1, 0.15) is 30.6 Å². The summed E-state index contributed by atoms with van der Waals surface area (Å²) in [6.07, 6.45) is 2.74. The van der Waals surface area contributed by atoms with Crippen molar-refractivity contribution in [2.45, 2.75) is 39.5 Å². The molecule has 0 aliphatic carbocycles. The van der Waals surface area contributed by atoms with E-state index in [0.29, 0.717) is 24.7 Å². The summed E-state index contributed by atoms with van der Waals surface area (Å²) < 4.78 is 10.1. The van der Waals surface area contributed by atoms with Crippen molar-refractivity contribution in [3.63, 3.8) is 0 Å². The first-order chi connectivity index (χ1) is 15.4. The molecule has 1 aliphatic heterocycles. The highest BCUT2D eigenvalue weighted by Gasteiger charge is 2.25. The largest absolute Gasteiger partial charge is 0.460 e. The normalized spacial score (nSPS) is 15.8. The Kier molecular flexibility index (Phi) is 6.09. The van der Waals surface area contributed by atoms with Gasteiger partial charge in [-0.25, -0.2) is 4.79 Å². The molecule has 9 nitrogen and oxygen atoms in total. The van der Waals surface area contributed by atoms with Crippen LogP contribution in [0.5, 0.6) is 6.01 Å². The molecule has 9 heteroatoms. The average Bonchev–Trinajstić information content (AvgIpc) is 3.42. The lowest BCUT2D eigenvalue weighted by Gasteiger charge is -2.13. The maximum absolute atomic E-state index is 13.4. The maximum Gasteiger partial charge on any atom is 0.332 e. The lowest BCUT2D eigenvalue weighted by molar-refractivity contribution is 0.0969. The van der Waals surface area contributed by atoms with Gasteiger partial charge in [0.1, 0.15) is 6.10 Å². The minimum Gasteiger partial charge on any atom is -0.460 e. The van der Waals surface area contributed by atoms with Crippen molar-refractivity contribution in [3.05, 3.63) is 68.4 Å². The summed E-state index contributed by atoms with van der Waals surface area (Å²) in [4.78, 5) is 43.6. The van der Waals surface area contributed by atoms with E-state index in [-0.39, 0.29) is 29.6 Å². The second-order valence-electron chi connectivity index (χ2n) is 8.21. The fraction of sp³-hybridized carbons (Fsp3) is 0.391. The van der Waals surface area contributed by atoms with Crippen molar-refractivity contribution in [1.29, 1.82) is 0 Å². The first-order valence-corrected chi connectivity index (χ1v) is 10.7. The number of rotatable bonds is 7. The van der Waals surface area contributed by atoms with E-state index in [4.69, 9.17) is 4.74 Å². The average molecular weight is 438 g/mol. The zero-order chi connectivity index (χ0) is 22.8. The number of imidazole rings is 1. The fourth-order valence-corrected chi connectivity index (χ4v) is 3.76. The van der Waals surface area contributed by atoms with Gasteiger partial charge in [0.05, 0.1) is 6.54 Å². The molecular formula is C23H27N5O4. The number of aromatic nitrogens is 4. The Morgan fingerprint density at radius 3 is 2.62 bits per heavy atom. The number of carbonyl (C=O) groups excluding carboxylic acids is 1. The summed E-state index contributed by atoms with van der Waals surface area (Å²) in [5.41, 5.74) is 0.856. The van der Waals surface area contributed by atoms with Gasteiger partial charge in [-0.15, -0.1) is 0 Å². The minimum atomic E-state index is -0.590. The molecule has 0 radical (unpaired) electrons. The molecule has 0 amide bonds. The number of carbonyl (C=O) groups is 1. The number of aryl methyl sites for hydroxylation is 1. The summed E-state index contributed by atoms with van der Waals surface area (Å²) in [6, 6.07) is 8.91. The zero-order valence-electron chi connectivity index (χ0n) is 18.5. The van der Waals surface area contributed by atoms with E-state index in [1.165, 1.54) is 4.57 Å². The van der Waals surface area contributed by atoms with Crippen LogP contribution < -0.4 is 21.3 Å². The highest BCUT2D eigenvalue weighted by molar-refractivity contribution is 5.95. The molecule has 2 aromatic heterocycles. The standard InChI is InChI=1S/C23H27N5O4/c1-15(2)10-12-27-19-20(25-22(27)32-17-9-11-24-13-17)26(3)23(31)28(21(19)30)14-18(29)16-7-5-4-6-8-16/h4-8,10,17,24H,9,11-14H2,1-3H3/t17-/m0/s1. The highest BCUT2D eigenvalue weighted by Crippen LogP contribution is 2.21. The van der Waals surface area contributed by atoms with Crippen LogP contribution in [0.15, 0.2) is 51.6 Å². The van der Waals surface area contributed by atoms with Crippen molar-refractivity contribution in [1.82, 2.24) is 24.0 Å². The number of fused-ring (bicyclic) bond motifs is 1. The van der Waals surface area contributed by atoms with Crippen molar-refractivity contribution in [2.75, 3.05) is 13.1 Å². The van der Waals surface area contributed by atoms with Crippen molar-refractivity contribution in [2.24, 2.45) is 7.05 Å². The molecule has 0 spiro atoms. The number of nitrogens with one attached hydrogen (secondary N) is 1. The van der Waals surface area contributed by atoms with Gasteiger partial charge in [-0.1, -0.05) is 42.0 Å². The van der Waals surface area contributed by atoms with Crippen LogP contribution in [0.3, 0.4) is 0 Å². The summed E-state index contributed by atoms with van der Waals surface area (Å²) >= 11 is 0. The van der Waals surface area contributed by atoms with Crippen LogP contribution in [-0.2, 0) is 20.1 Å². The van der Waals surface area contributed by atoms with Gasteiger partial charge in [-0.2, -0.15) is 4.98 Å². The molecule has 0 saturated carbocycles. The molecule has 1 N–H and O–H groups in total. The van der Waals surface area contributed by atoms with Crippen LogP contribution in [0.4, 0.5) is 0 Å². The van der Waals surface area contributed by atoms with Gasteiger partial charge in [0.2, 0.25) is 0 Å². The van der Waals surface area contributed by atoms with Crippen LogP contribution in [0.25, 0.3) is 11.2 Å². The van der Waals surface area contributed by atoms with Crippen LogP contribution in [-0.4, -0.2) is 43.7 Å². The van der Waals surface area contributed by atoms with Gasteiger partial charge >= 0.3 is 5.69 Å². The fourth-order valence-electron chi connectivity index (χ4n) is 3.76. The highest BCUT2D eigenvalue weighted by atomic mass is 16.5. The number of ketones is 1. The molecule has 1 atom stereocenters. The Labute approximate surface area is 185 Å². The molecule has 1 saturated heterocycles. The van der Waals surface area contributed by atoms with Crippen molar-refractivity contribution >= 4 is 16.9 Å². The third-order valence-corrected chi connectivity index (χ3v) is 5.56. The Morgan fingerprint density at radius 1 is 1.22 bits per heavy atom. The second-order valence-corrected chi connectivity index (χ2v) is 8.21. The molecule has 1 fully saturated rings. The Balaban J connectivity index is 1.85. The molecule has 32 heavy (non-hydrogen) atoms. The number of Topliss-reactive ketones (excluding diaryl/α,β-unsaturated/α-hetero) is 1. The second kappa shape index (κ2) is 8.96. The van der Waals surface area contributed by atoms with E-state index in [9.17, 15) is 14.4 Å². The monoisotopic (exact) mass is 437 g/mol. The van der Waals surface area contributed by atoms with Crippen LogP contribution in [0.2, 0.25) is 0 Å². The van der Waals surface area contributed by atoms with Gasteiger partial charge in [-0.3, -0.25) is 23.3 Å². The number of benzene rings is 1. The number of hydrogen-bond acceptors (Lipinski definition) is 6. The number of allylic oxidation sites excluding steroid dienone is 2. The molecule has 4 rings (SSSR count). The minimum absolute atomic E-state index is 0.0591. The molecule has 1 aromatic carbocycles. The smallest absolute Gasteiger partial charge is 0.332 e. The van der Waals surface area contributed by atoms with E-state index >= 15 is 0 Å². The van der Waals surface area contributed by atoms with Gasteiger partial charge in [0.15, 0.2) is 16.9 Å². The molecular weight excluding hydrogens is 410 g/mol. The Hall–Kier alpha value is -3.46. The Bertz CT molecular complexity index is 1290. The van der Waals surface area contributed by atoms with Crippen LogP contribution >= 0.6 is 0 Å². The quantitative estimate of drug-likeness (QED) is 0.444. The van der Waals surface area contributed by atoms with Crippen molar-refractivity contribution in [3.8, 4) is 6.01 Å². The summed E-state index contributed by atoms with van der Waals surface area (Å²) in [7, 11) is 1.55. The van der Waals surface area contributed by atoms with Crippen molar-refractivity contribution < 1.29 is 9.53 Å².